The summed E-state index contributed by atoms with van der Waals surface area (Å²) >= 11 is 0. The minimum atomic E-state index is -0.488. The molecular formula is C19H17FN6. The molecule has 4 aromatic heterocycles. The summed E-state index contributed by atoms with van der Waals surface area (Å²) in [6.45, 7) is 2.48. The molecule has 2 N–H and O–H groups in total. The van der Waals surface area contributed by atoms with E-state index in [1.165, 1.54) is 6.33 Å². The number of pyridine rings is 2. The van der Waals surface area contributed by atoms with Gasteiger partial charge in [-0.25, -0.2) is 15.0 Å². The van der Waals surface area contributed by atoms with Crippen molar-refractivity contribution in [2.45, 2.75) is 19.9 Å². The molecule has 0 amide bonds. The van der Waals surface area contributed by atoms with Crippen molar-refractivity contribution in [3.63, 3.8) is 0 Å². The third-order valence-corrected chi connectivity index (χ3v) is 4.17. The van der Waals surface area contributed by atoms with E-state index in [1.54, 1.807) is 24.5 Å². The minimum Gasteiger partial charge on any atom is -0.364 e. The van der Waals surface area contributed by atoms with Gasteiger partial charge in [0.25, 0.3) is 0 Å². The van der Waals surface area contributed by atoms with Crippen molar-refractivity contribution in [1.29, 1.82) is 0 Å². The van der Waals surface area contributed by atoms with Crippen LogP contribution in [0, 0.1) is 12.9 Å². The van der Waals surface area contributed by atoms with E-state index in [4.69, 9.17) is 0 Å². The Kier molecular flexibility index (Phi) is 4.27. The fourth-order valence-corrected chi connectivity index (χ4v) is 2.74. The molecule has 0 spiro atoms. The number of aromatic amines is 1. The van der Waals surface area contributed by atoms with Crippen molar-refractivity contribution >= 4 is 16.9 Å². The van der Waals surface area contributed by atoms with Crippen LogP contribution in [0.5, 0.6) is 0 Å². The van der Waals surface area contributed by atoms with Crippen LogP contribution in [0.4, 0.5) is 10.2 Å². The van der Waals surface area contributed by atoms with Gasteiger partial charge in [0.05, 0.1) is 12.2 Å². The number of aromatic nitrogens is 5. The molecule has 7 heteroatoms. The van der Waals surface area contributed by atoms with E-state index >= 15 is 0 Å². The molecule has 4 heterocycles. The zero-order valence-electron chi connectivity index (χ0n) is 14.2. The van der Waals surface area contributed by atoms with Gasteiger partial charge in [-0.15, -0.1) is 0 Å². The van der Waals surface area contributed by atoms with E-state index in [0.29, 0.717) is 24.3 Å². The predicted octanol–water partition coefficient (Wildman–Crippen LogP) is 3.40. The number of nitrogens with zero attached hydrogens (tertiary/aromatic N) is 4. The Morgan fingerprint density at radius 1 is 1.08 bits per heavy atom. The van der Waals surface area contributed by atoms with Gasteiger partial charge < -0.3 is 10.3 Å². The van der Waals surface area contributed by atoms with Crippen LogP contribution < -0.4 is 5.32 Å². The van der Waals surface area contributed by atoms with Crippen LogP contribution in [0.2, 0.25) is 0 Å². The van der Waals surface area contributed by atoms with E-state index in [9.17, 15) is 4.39 Å². The van der Waals surface area contributed by atoms with Crippen LogP contribution in [0.15, 0.2) is 49.2 Å². The molecule has 130 valence electrons. The number of hydrogen-bond donors (Lipinski definition) is 2. The minimum absolute atomic E-state index is 0.423. The van der Waals surface area contributed by atoms with Gasteiger partial charge in [-0.2, -0.15) is 4.39 Å². The van der Waals surface area contributed by atoms with Gasteiger partial charge in [-0.3, -0.25) is 4.98 Å². The van der Waals surface area contributed by atoms with Gasteiger partial charge in [-0.1, -0.05) is 12.1 Å². The lowest BCUT2D eigenvalue weighted by Gasteiger charge is -2.08. The summed E-state index contributed by atoms with van der Waals surface area (Å²) < 4.78 is 14.4. The topological polar surface area (TPSA) is 79.4 Å². The average molecular weight is 348 g/mol. The number of aryl methyl sites for hydroxylation is 1. The maximum absolute atomic E-state index is 14.4. The Hall–Kier alpha value is -3.35. The lowest BCUT2D eigenvalue weighted by atomic mass is 10.1. The van der Waals surface area contributed by atoms with E-state index < -0.39 is 5.95 Å². The summed E-state index contributed by atoms with van der Waals surface area (Å²) in [6.07, 6.45) is 7.26. The lowest BCUT2D eigenvalue weighted by Crippen LogP contribution is -2.05. The SMILES string of the molecule is Cc1ccc(CNc2ccc(Cc3c[nH]c4ncncc34)c(F)n2)nc1. The van der Waals surface area contributed by atoms with Crippen molar-refractivity contribution in [2.24, 2.45) is 0 Å². The second-order valence-electron chi connectivity index (χ2n) is 6.10. The van der Waals surface area contributed by atoms with Crippen molar-refractivity contribution in [2.75, 3.05) is 5.32 Å². The van der Waals surface area contributed by atoms with E-state index in [1.807, 2.05) is 25.3 Å². The summed E-state index contributed by atoms with van der Waals surface area (Å²) in [7, 11) is 0. The van der Waals surface area contributed by atoms with Gasteiger partial charge in [0.2, 0.25) is 5.95 Å². The maximum atomic E-state index is 14.4. The second-order valence-corrected chi connectivity index (χ2v) is 6.10. The number of H-pyrrole nitrogens is 1. The molecule has 0 saturated heterocycles. The fraction of sp³-hybridized carbons (Fsp3) is 0.158. The zero-order valence-corrected chi connectivity index (χ0v) is 14.2. The smallest absolute Gasteiger partial charge is 0.218 e. The Balaban J connectivity index is 1.48. The van der Waals surface area contributed by atoms with Gasteiger partial charge in [-0.05, 0) is 30.2 Å². The molecule has 0 fully saturated rings. The normalized spacial score (nSPS) is 11.0. The lowest BCUT2D eigenvalue weighted by molar-refractivity contribution is 0.571. The molecule has 0 aliphatic carbocycles. The van der Waals surface area contributed by atoms with Crippen LogP contribution in [0.25, 0.3) is 11.0 Å². The number of fused-ring (bicyclic) bond motifs is 1. The molecule has 0 aromatic carbocycles. The molecular weight excluding hydrogens is 331 g/mol. The Labute approximate surface area is 149 Å². The number of anilines is 1. The molecule has 0 bridgehead atoms. The average Bonchev–Trinajstić information content (AvgIpc) is 3.06. The van der Waals surface area contributed by atoms with Gasteiger partial charge in [0.15, 0.2) is 0 Å². The highest BCUT2D eigenvalue weighted by Gasteiger charge is 2.10. The monoisotopic (exact) mass is 348 g/mol. The molecule has 0 saturated carbocycles. The molecule has 0 aliphatic heterocycles. The molecule has 4 rings (SSSR count). The van der Waals surface area contributed by atoms with Gasteiger partial charge in [0.1, 0.15) is 17.8 Å². The number of hydrogen-bond acceptors (Lipinski definition) is 5. The third-order valence-electron chi connectivity index (χ3n) is 4.17. The highest BCUT2D eigenvalue weighted by Crippen LogP contribution is 2.20. The van der Waals surface area contributed by atoms with Crippen molar-refractivity contribution < 1.29 is 4.39 Å². The summed E-state index contributed by atoms with van der Waals surface area (Å²) in [4.78, 5) is 19.6. The summed E-state index contributed by atoms with van der Waals surface area (Å²) in [5.74, 6) is -0.00560. The first-order valence-electron chi connectivity index (χ1n) is 8.26. The Morgan fingerprint density at radius 3 is 2.81 bits per heavy atom. The number of rotatable bonds is 5. The summed E-state index contributed by atoms with van der Waals surface area (Å²) in [5.41, 5.74) is 4.18. The highest BCUT2D eigenvalue weighted by atomic mass is 19.1. The van der Waals surface area contributed by atoms with Crippen molar-refractivity contribution in [1.82, 2.24) is 24.9 Å². The van der Waals surface area contributed by atoms with E-state index in [2.05, 4.69) is 30.2 Å². The molecule has 0 unspecified atom stereocenters. The standard InChI is InChI=1S/C19H17FN6/c1-12-2-4-15(22-7-12)9-23-17-5-3-13(18(20)26-17)6-14-8-24-19-16(14)10-21-11-25-19/h2-5,7-8,10-11H,6,9H2,1H3,(H,23,26)(H,21,24,25). The molecule has 0 atom stereocenters. The fourth-order valence-electron chi connectivity index (χ4n) is 2.74. The van der Waals surface area contributed by atoms with Crippen molar-refractivity contribution in [3.8, 4) is 0 Å². The number of halogens is 1. The zero-order chi connectivity index (χ0) is 17.9. The van der Waals surface area contributed by atoms with Crippen LogP contribution in [-0.4, -0.2) is 24.9 Å². The summed E-state index contributed by atoms with van der Waals surface area (Å²) in [6, 6.07) is 7.45. The van der Waals surface area contributed by atoms with Crippen LogP contribution in [-0.2, 0) is 13.0 Å². The molecule has 0 aliphatic rings. The van der Waals surface area contributed by atoms with Crippen LogP contribution in [0.1, 0.15) is 22.4 Å². The van der Waals surface area contributed by atoms with E-state index in [-0.39, 0.29) is 0 Å². The van der Waals surface area contributed by atoms with Crippen molar-refractivity contribution in [3.05, 3.63) is 77.5 Å². The molecule has 26 heavy (non-hydrogen) atoms. The molecule has 0 radical (unpaired) electrons. The highest BCUT2D eigenvalue weighted by molar-refractivity contribution is 5.78. The first-order chi connectivity index (χ1) is 12.7. The summed E-state index contributed by atoms with van der Waals surface area (Å²) in [5, 5.41) is 3.99. The second kappa shape index (κ2) is 6.87. The van der Waals surface area contributed by atoms with Crippen LogP contribution >= 0.6 is 0 Å². The maximum Gasteiger partial charge on any atom is 0.218 e. The largest absolute Gasteiger partial charge is 0.364 e. The third kappa shape index (κ3) is 3.37. The quantitative estimate of drug-likeness (QED) is 0.541. The van der Waals surface area contributed by atoms with E-state index in [0.717, 1.165) is 27.9 Å². The van der Waals surface area contributed by atoms with Gasteiger partial charge in [0, 0.05) is 36.0 Å². The van der Waals surface area contributed by atoms with Gasteiger partial charge >= 0.3 is 0 Å². The molecule has 4 aromatic rings. The van der Waals surface area contributed by atoms with Crippen LogP contribution in [0.3, 0.4) is 0 Å². The first-order valence-corrected chi connectivity index (χ1v) is 8.26. The first kappa shape index (κ1) is 16.1. The predicted molar refractivity (Wildman–Crippen MR) is 97.2 cm³/mol. The molecule has 6 nitrogen and oxygen atoms in total. The Morgan fingerprint density at radius 2 is 2.00 bits per heavy atom. The number of nitrogens with one attached hydrogen (secondary N) is 2. The Bertz CT molecular complexity index is 1040.